The first kappa shape index (κ1) is 18.3. The number of hydrogen-bond acceptors (Lipinski definition) is 3. The molecule has 24 heavy (non-hydrogen) atoms. The Bertz CT molecular complexity index is 527. The highest BCUT2D eigenvalue weighted by atomic mass is 16.2. The van der Waals surface area contributed by atoms with Gasteiger partial charge in [0.25, 0.3) is 0 Å². The number of benzene rings is 1. The largest absolute Gasteiger partial charge is 0.375 e. The Hall–Kier alpha value is -2.04. The number of nitrogens with one attached hydrogen (secondary N) is 2. The molecule has 0 radical (unpaired) electrons. The van der Waals surface area contributed by atoms with E-state index in [0.29, 0.717) is 6.54 Å². The highest BCUT2D eigenvalue weighted by Crippen LogP contribution is 2.27. The summed E-state index contributed by atoms with van der Waals surface area (Å²) in [4.78, 5) is 26.0. The molecule has 5 nitrogen and oxygen atoms in total. The van der Waals surface area contributed by atoms with Gasteiger partial charge < -0.3 is 15.5 Å². The minimum Gasteiger partial charge on any atom is -0.375 e. The molecular formula is C19H29N3O2. The third-order valence-electron chi connectivity index (χ3n) is 4.68. The van der Waals surface area contributed by atoms with Gasteiger partial charge in [-0.1, -0.05) is 31.0 Å². The van der Waals surface area contributed by atoms with Crippen molar-refractivity contribution >= 4 is 17.5 Å². The minimum absolute atomic E-state index is 0.0422. The Balaban J connectivity index is 1.75. The van der Waals surface area contributed by atoms with E-state index in [2.05, 4.69) is 34.7 Å². The fourth-order valence-electron chi connectivity index (χ4n) is 3.36. The second kappa shape index (κ2) is 9.30. The van der Waals surface area contributed by atoms with E-state index in [0.717, 1.165) is 38.6 Å². The molecule has 5 heteroatoms. The van der Waals surface area contributed by atoms with E-state index in [9.17, 15) is 9.59 Å². The molecule has 0 spiro atoms. The van der Waals surface area contributed by atoms with Gasteiger partial charge in [0.05, 0.1) is 0 Å². The van der Waals surface area contributed by atoms with Crippen molar-refractivity contribution in [1.29, 1.82) is 0 Å². The summed E-state index contributed by atoms with van der Waals surface area (Å²) in [5.74, 6) is 0.103. The number of rotatable bonds is 8. The predicted octanol–water partition coefficient (Wildman–Crippen LogP) is 2.32. The number of amides is 2. The Morgan fingerprint density at radius 2 is 1.88 bits per heavy atom. The number of hydrogen-bond donors (Lipinski definition) is 2. The molecule has 2 amide bonds. The summed E-state index contributed by atoms with van der Waals surface area (Å²) in [7, 11) is 2.05. The van der Waals surface area contributed by atoms with Crippen LogP contribution in [0.1, 0.15) is 39.0 Å². The monoisotopic (exact) mass is 331 g/mol. The SMILES string of the molecule is CC(=O)NC(C(=O)NCCCN(C)c1ccccc1)C1CCCC1. The van der Waals surface area contributed by atoms with E-state index >= 15 is 0 Å². The number of anilines is 1. The molecule has 0 aromatic heterocycles. The Morgan fingerprint density at radius 1 is 1.21 bits per heavy atom. The van der Waals surface area contributed by atoms with Crippen molar-refractivity contribution in [2.45, 2.75) is 45.1 Å². The lowest BCUT2D eigenvalue weighted by Crippen LogP contribution is -2.50. The van der Waals surface area contributed by atoms with Gasteiger partial charge >= 0.3 is 0 Å². The molecule has 1 aromatic rings. The first-order valence-electron chi connectivity index (χ1n) is 8.89. The molecule has 1 aliphatic rings. The topological polar surface area (TPSA) is 61.4 Å². The van der Waals surface area contributed by atoms with Crippen LogP contribution >= 0.6 is 0 Å². The highest BCUT2D eigenvalue weighted by molar-refractivity contribution is 5.87. The van der Waals surface area contributed by atoms with Crippen LogP contribution in [0.15, 0.2) is 30.3 Å². The fraction of sp³-hybridized carbons (Fsp3) is 0.579. The summed E-state index contributed by atoms with van der Waals surface area (Å²) >= 11 is 0. The van der Waals surface area contributed by atoms with Crippen molar-refractivity contribution < 1.29 is 9.59 Å². The van der Waals surface area contributed by atoms with Crippen molar-refractivity contribution in [3.05, 3.63) is 30.3 Å². The maximum atomic E-state index is 12.4. The summed E-state index contributed by atoms with van der Waals surface area (Å²) in [6.07, 6.45) is 5.21. The second-order valence-electron chi connectivity index (χ2n) is 6.62. The fourth-order valence-corrected chi connectivity index (χ4v) is 3.36. The summed E-state index contributed by atoms with van der Waals surface area (Å²) in [6, 6.07) is 9.82. The smallest absolute Gasteiger partial charge is 0.242 e. The van der Waals surface area contributed by atoms with Crippen molar-refractivity contribution in [2.24, 2.45) is 5.92 Å². The van der Waals surface area contributed by atoms with E-state index in [1.807, 2.05) is 18.2 Å². The highest BCUT2D eigenvalue weighted by Gasteiger charge is 2.30. The van der Waals surface area contributed by atoms with Crippen molar-refractivity contribution in [2.75, 3.05) is 25.0 Å². The molecule has 2 rings (SSSR count). The molecule has 0 heterocycles. The minimum atomic E-state index is -0.378. The van der Waals surface area contributed by atoms with E-state index in [1.165, 1.54) is 12.6 Å². The van der Waals surface area contributed by atoms with Crippen molar-refractivity contribution in [3.63, 3.8) is 0 Å². The average Bonchev–Trinajstić information content (AvgIpc) is 3.11. The van der Waals surface area contributed by atoms with Crippen LogP contribution in [-0.2, 0) is 9.59 Å². The van der Waals surface area contributed by atoms with Gasteiger partial charge in [0.15, 0.2) is 0 Å². The standard InChI is InChI=1S/C19H29N3O2/c1-15(23)21-18(16-9-6-7-10-16)19(24)20-13-8-14-22(2)17-11-4-3-5-12-17/h3-5,11-12,16,18H,6-10,13-14H2,1-2H3,(H,20,24)(H,21,23). The second-order valence-corrected chi connectivity index (χ2v) is 6.62. The van der Waals surface area contributed by atoms with Crippen LogP contribution in [0, 0.1) is 5.92 Å². The molecule has 1 saturated carbocycles. The van der Waals surface area contributed by atoms with Crippen LogP contribution in [0.4, 0.5) is 5.69 Å². The molecule has 0 aliphatic heterocycles. The van der Waals surface area contributed by atoms with Gasteiger partial charge in [0, 0.05) is 32.7 Å². The lowest BCUT2D eigenvalue weighted by molar-refractivity contribution is -0.129. The van der Waals surface area contributed by atoms with E-state index in [4.69, 9.17) is 0 Å². The van der Waals surface area contributed by atoms with Gasteiger partial charge in [-0.05, 0) is 37.3 Å². The average molecular weight is 331 g/mol. The van der Waals surface area contributed by atoms with Gasteiger partial charge in [-0.15, -0.1) is 0 Å². The van der Waals surface area contributed by atoms with E-state index < -0.39 is 0 Å². The summed E-state index contributed by atoms with van der Waals surface area (Å²) in [6.45, 7) is 2.97. The maximum absolute atomic E-state index is 12.4. The number of para-hydroxylation sites is 1. The molecule has 1 aliphatic carbocycles. The van der Waals surface area contributed by atoms with E-state index in [-0.39, 0.29) is 23.8 Å². The van der Waals surface area contributed by atoms with Gasteiger partial charge in [-0.2, -0.15) is 0 Å². The molecule has 0 saturated heterocycles. The molecule has 132 valence electrons. The molecule has 2 N–H and O–H groups in total. The van der Waals surface area contributed by atoms with Crippen LogP contribution in [0.2, 0.25) is 0 Å². The molecule has 0 bridgehead atoms. The van der Waals surface area contributed by atoms with Crippen LogP contribution < -0.4 is 15.5 Å². The van der Waals surface area contributed by atoms with Gasteiger partial charge in [0.2, 0.25) is 11.8 Å². The zero-order valence-electron chi connectivity index (χ0n) is 14.8. The third-order valence-corrected chi connectivity index (χ3v) is 4.68. The van der Waals surface area contributed by atoms with E-state index in [1.54, 1.807) is 0 Å². The molecule has 1 unspecified atom stereocenters. The summed E-state index contributed by atoms with van der Waals surface area (Å²) < 4.78 is 0. The van der Waals surface area contributed by atoms with Crippen molar-refractivity contribution in [3.8, 4) is 0 Å². The maximum Gasteiger partial charge on any atom is 0.242 e. The molecule has 1 atom stereocenters. The summed E-state index contributed by atoms with van der Waals surface area (Å²) in [5, 5.41) is 5.83. The van der Waals surface area contributed by atoms with Gasteiger partial charge in [0.1, 0.15) is 6.04 Å². The third kappa shape index (κ3) is 5.55. The number of carbonyl (C=O) groups excluding carboxylic acids is 2. The van der Waals surface area contributed by atoms with Crippen LogP contribution in [0.3, 0.4) is 0 Å². The normalized spacial score (nSPS) is 15.8. The van der Waals surface area contributed by atoms with Gasteiger partial charge in [-0.25, -0.2) is 0 Å². The first-order chi connectivity index (χ1) is 11.6. The van der Waals surface area contributed by atoms with Gasteiger partial charge in [-0.3, -0.25) is 9.59 Å². The Morgan fingerprint density at radius 3 is 2.50 bits per heavy atom. The van der Waals surface area contributed by atoms with Crippen LogP contribution in [0.5, 0.6) is 0 Å². The Kier molecular flexibility index (Phi) is 7.09. The van der Waals surface area contributed by atoms with Crippen LogP contribution in [0.25, 0.3) is 0 Å². The van der Waals surface area contributed by atoms with Crippen molar-refractivity contribution in [1.82, 2.24) is 10.6 Å². The predicted molar refractivity (Wildman–Crippen MR) is 96.9 cm³/mol. The number of nitrogens with zero attached hydrogens (tertiary/aromatic N) is 1. The number of carbonyl (C=O) groups is 2. The first-order valence-corrected chi connectivity index (χ1v) is 8.89. The molecule has 1 aromatic carbocycles. The zero-order chi connectivity index (χ0) is 17.4. The summed E-state index contributed by atoms with van der Waals surface area (Å²) in [5.41, 5.74) is 1.17. The van der Waals surface area contributed by atoms with Crippen LogP contribution in [-0.4, -0.2) is 38.0 Å². The Labute approximate surface area is 144 Å². The lowest BCUT2D eigenvalue weighted by Gasteiger charge is -2.24. The lowest BCUT2D eigenvalue weighted by atomic mass is 9.97. The molecular weight excluding hydrogens is 302 g/mol. The quantitative estimate of drug-likeness (QED) is 0.719. The molecule has 1 fully saturated rings. The zero-order valence-corrected chi connectivity index (χ0v) is 14.8.